The quantitative estimate of drug-likeness (QED) is 0.782. The standard InChI is InChI=1S/C15H12ClF2N5O/c1-7-3-4-9(16)6-10(7)20-14(24)13-21-15-19-8(2)5-11(12(17)18)23(15)22-13/h3-6,12H,1-2H3,(H,20,24). The van der Waals surface area contributed by atoms with Crippen molar-refractivity contribution in [1.82, 2.24) is 19.6 Å². The third-order valence-corrected chi connectivity index (χ3v) is 3.58. The highest BCUT2D eigenvalue weighted by Gasteiger charge is 2.20. The molecule has 3 rings (SSSR count). The molecule has 0 atom stereocenters. The van der Waals surface area contributed by atoms with E-state index >= 15 is 0 Å². The largest absolute Gasteiger partial charge is 0.319 e. The third kappa shape index (κ3) is 3.05. The van der Waals surface area contributed by atoms with Crippen LogP contribution in [0.25, 0.3) is 5.78 Å². The van der Waals surface area contributed by atoms with Gasteiger partial charge in [0, 0.05) is 16.4 Å². The first-order valence-corrected chi connectivity index (χ1v) is 7.33. The first kappa shape index (κ1) is 16.3. The molecule has 1 amide bonds. The molecule has 124 valence electrons. The monoisotopic (exact) mass is 351 g/mol. The molecule has 1 aromatic carbocycles. The van der Waals surface area contributed by atoms with Gasteiger partial charge in [0.05, 0.1) is 0 Å². The number of benzene rings is 1. The zero-order chi connectivity index (χ0) is 17.4. The number of anilines is 1. The van der Waals surface area contributed by atoms with Crippen molar-refractivity contribution in [2.75, 3.05) is 5.32 Å². The van der Waals surface area contributed by atoms with Crippen molar-refractivity contribution in [3.05, 3.63) is 52.1 Å². The second-order valence-electron chi connectivity index (χ2n) is 5.18. The summed E-state index contributed by atoms with van der Waals surface area (Å²) < 4.78 is 27.1. The van der Waals surface area contributed by atoms with E-state index in [1.54, 1.807) is 32.0 Å². The summed E-state index contributed by atoms with van der Waals surface area (Å²) in [6.07, 6.45) is -2.76. The van der Waals surface area contributed by atoms with E-state index < -0.39 is 12.3 Å². The van der Waals surface area contributed by atoms with Crippen LogP contribution < -0.4 is 5.32 Å². The van der Waals surface area contributed by atoms with E-state index in [0.29, 0.717) is 16.4 Å². The Hall–Kier alpha value is -2.61. The molecule has 2 aromatic heterocycles. The molecular formula is C15H12ClF2N5O. The van der Waals surface area contributed by atoms with Gasteiger partial charge < -0.3 is 5.32 Å². The minimum Gasteiger partial charge on any atom is -0.319 e. The van der Waals surface area contributed by atoms with Crippen LogP contribution in [0.15, 0.2) is 24.3 Å². The van der Waals surface area contributed by atoms with Gasteiger partial charge in [-0.1, -0.05) is 17.7 Å². The molecule has 1 N–H and O–H groups in total. The van der Waals surface area contributed by atoms with Crippen LogP contribution in [-0.4, -0.2) is 25.5 Å². The fourth-order valence-electron chi connectivity index (χ4n) is 2.17. The normalized spacial score (nSPS) is 11.2. The van der Waals surface area contributed by atoms with Gasteiger partial charge >= 0.3 is 0 Å². The Kier molecular flexibility index (Phi) is 4.15. The second kappa shape index (κ2) is 6.12. The van der Waals surface area contributed by atoms with Crippen LogP contribution in [0.1, 0.15) is 34.0 Å². The molecule has 3 aromatic rings. The van der Waals surface area contributed by atoms with Crippen molar-refractivity contribution in [2.45, 2.75) is 20.3 Å². The molecule has 0 unspecified atom stereocenters. The van der Waals surface area contributed by atoms with Gasteiger partial charge in [-0.25, -0.2) is 13.8 Å². The van der Waals surface area contributed by atoms with Gasteiger partial charge in [-0.2, -0.15) is 9.50 Å². The highest BCUT2D eigenvalue weighted by atomic mass is 35.5. The smallest absolute Gasteiger partial charge is 0.295 e. The molecule has 24 heavy (non-hydrogen) atoms. The van der Waals surface area contributed by atoms with E-state index in [1.807, 2.05) is 0 Å². The Morgan fingerprint density at radius 1 is 1.25 bits per heavy atom. The predicted molar refractivity (Wildman–Crippen MR) is 84.6 cm³/mol. The van der Waals surface area contributed by atoms with Crippen LogP contribution in [0.3, 0.4) is 0 Å². The van der Waals surface area contributed by atoms with Crippen LogP contribution in [-0.2, 0) is 0 Å². The zero-order valence-corrected chi connectivity index (χ0v) is 13.5. The number of hydrogen-bond acceptors (Lipinski definition) is 4. The summed E-state index contributed by atoms with van der Waals surface area (Å²) in [7, 11) is 0. The number of nitrogens with zero attached hydrogens (tertiary/aromatic N) is 4. The topological polar surface area (TPSA) is 72.2 Å². The van der Waals surface area contributed by atoms with Crippen molar-refractivity contribution in [3.63, 3.8) is 0 Å². The molecule has 0 spiro atoms. The van der Waals surface area contributed by atoms with Crippen LogP contribution in [0.4, 0.5) is 14.5 Å². The third-order valence-electron chi connectivity index (χ3n) is 3.34. The lowest BCUT2D eigenvalue weighted by Crippen LogP contribution is -2.15. The maximum atomic E-state index is 13.1. The molecule has 0 saturated carbocycles. The summed E-state index contributed by atoms with van der Waals surface area (Å²) in [4.78, 5) is 20.2. The average Bonchev–Trinajstić information content (AvgIpc) is 2.93. The molecular weight excluding hydrogens is 340 g/mol. The van der Waals surface area contributed by atoms with E-state index in [4.69, 9.17) is 11.6 Å². The van der Waals surface area contributed by atoms with E-state index in [-0.39, 0.29) is 17.3 Å². The van der Waals surface area contributed by atoms with Gasteiger partial charge in [-0.05, 0) is 37.6 Å². The molecule has 0 radical (unpaired) electrons. The Bertz CT molecular complexity index is 941. The number of aryl methyl sites for hydroxylation is 2. The lowest BCUT2D eigenvalue weighted by atomic mass is 10.2. The number of hydrogen-bond donors (Lipinski definition) is 1. The molecule has 0 fully saturated rings. The van der Waals surface area contributed by atoms with Crippen molar-refractivity contribution in [2.24, 2.45) is 0 Å². The maximum absolute atomic E-state index is 13.1. The molecule has 6 nitrogen and oxygen atoms in total. The summed E-state index contributed by atoms with van der Waals surface area (Å²) >= 11 is 5.90. The summed E-state index contributed by atoms with van der Waals surface area (Å²) in [5, 5.41) is 6.91. The molecule has 0 aliphatic heterocycles. The molecule has 0 saturated heterocycles. The maximum Gasteiger partial charge on any atom is 0.295 e. The van der Waals surface area contributed by atoms with E-state index in [2.05, 4.69) is 20.4 Å². The number of rotatable bonds is 3. The molecule has 9 heteroatoms. The molecule has 0 bridgehead atoms. The number of amides is 1. The van der Waals surface area contributed by atoms with Gasteiger partial charge in [-0.3, -0.25) is 4.79 Å². The number of nitrogens with one attached hydrogen (secondary N) is 1. The van der Waals surface area contributed by atoms with E-state index in [1.165, 1.54) is 6.07 Å². The minimum atomic E-state index is -2.76. The van der Waals surface area contributed by atoms with Gasteiger partial charge in [0.15, 0.2) is 0 Å². The number of aromatic nitrogens is 4. The predicted octanol–water partition coefficient (Wildman–Crippen LogP) is 3.58. The Morgan fingerprint density at radius 3 is 2.71 bits per heavy atom. The van der Waals surface area contributed by atoms with Crippen LogP contribution in [0.2, 0.25) is 5.02 Å². The van der Waals surface area contributed by atoms with Gasteiger partial charge in [-0.15, -0.1) is 5.10 Å². The number of alkyl halides is 2. The second-order valence-corrected chi connectivity index (χ2v) is 5.62. The SMILES string of the molecule is Cc1cc(C(F)F)n2nc(C(=O)Nc3cc(Cl)ccc3C)nc2n1. The summed E-state index contributed by atoms with van der Waals surface area (Å²) in [5.74, 6) is -0.948. The van der Waals surface area contributed by atoms with Gasteiger partial charge in [0.2, 0.25) is 5.82 Å². The highest BCUT2D eigenvalue weighted by Crippen LogP contribution is 2.22. The van der Waals surface area contributed by atoms with E-state index in [0.717, 1.165) is 10.1 Å². The first-order chi connectivity index (χ1) is 11.3. The fraction of sp³-hybridized carbons (Fsp3) is 0.200. The van der Waals surface area contributed by atoms with E-state index in [9.17, 15) is 13.6 Å². The number of carbonyl (C=O) groups excluding carboxylic acids is 1. The van der Waals surface area contributed by atoms with Crippen molar-refractivity contribution >= 4 is 29.0 Å². The molecule has 0 aliphatic rings. The molecule has 0 aliphatic carbocycles. The van der Waals surface area contributed by atoms with Crippen molar-refractivity contribution in [1.29, 1.82) is 0 Å². The lowest BCUT2D eigenvalue weighted by Gasteiger charge is -2.06. The Labute approximate surface area is 140 Å². The highest BCUT2D eigenvalue weighted by molar-refractivity contribution is 6.31. The van der Waals surface area contributed by atoms with Gasteiger partial charge in [0.1, 0.15) is 5.69 Å². The van der Waals surface area contributed by atoms with Crippen LogP contribution >= 0.6 is 11.6 Å². The van der Waals surface area contributed by atoms with Crippen molar-refractivity contribution in [3.8, 4) is 0 Å². The summed E-state index contributed by atoms with van der Waals surface area (Å²) in [6.45, 7) is 3.36. The summed E-state index contributed by atoms with van der Waals surface area (Å²) in [6, 6.07) is 6.22. The first-order valence-electron chi connectivity index (χ1n) is 6.95. The lowest BCUT2D eigenvalue weighted by molar-refractivity contribution is 0.101. The number of carbonyl (C=O) groups is 1. The zero-order valence-electron chi connectivity index (χ0n) is 12.7. The molecule has 2 heterocycles. The number of halogens is 3. The van der Waals surface area contributed by atoms with Gasteiger partial charge in [0.25, 0.3) is 18.1 Å². The average molecular weight is 352 g/mol. The van der Waals surface area contributed by atoms with Crippen LogP contribution in [0.5, 0.6) is 0 Å². The van der Waals surface area contributed by atoms with Crippen LogP contribution in [0, 0.1) is 13.8 Å². The summed E-state index contributed by atoms with van der Waals surface area (Å²) in [5.41, 5.74) is 1.27. The fourth-order valence-corrected chi connectivity index (χ4v) is 2.35. The Morgan fingerprint density at radius 2 is 2.00 bits per heavy atom. The minimum absolute atomic E-state index is 0.0572. The van der Waals surface area contributed by atoms with Crippen molar-refractivity contribution < 1.29 is 13.6 Å². The Balaban J connectivity index is 1.99. The number of fused-ring (bicyclic) bond motifs is 1.